The number of hydrogen-bond acceptors (Lipinski definition) is 6. The molecule has 0 bridgehead atoms. The minimum absolute atomic E-state index is 0.151. The molecule has 25 heavy (non-hydrogen) atoms. The number of hydrogen-bond donors (Lipinski definition) is 1. The largest absolute Gasteiger partial charge is 0.494 e. The Balaban J connectivity index is 2.04. The highest BCUT2D eigenvalue weighted by Gasteiger charge is 2.11. The Morgan fingerprint density at radius 3 is 2.40 bits per heavy atom. The van der Waals surface area contributed by atoms with Crippen molar-refractivity contribution in [1.82, 2.24) is 9.97 Å². The van der Waals surface area contributed by atoms with Gasteiger partial charge in [0, 0.05) is 17.5 Å². The van der Waals surface area contributed by atoms with Crippen molar-refractivity contribution < 1.29 is 14.3 Å². The minimum atomic E-state index is -0.151. The number of rotatable bonds is 8. The van der Waals surface area contributed by atoms with Gasteiger partial charge in [-0.2, -0.15) is 0 Å². The van der Waals surface area contributed by atoms with E-state index in [1.165, 1.54) is 11.8 Å². The molecule has 1 heterocycles. The van der Waals surface area contributed by atoms with E-state index >= 15 is 0 Å². The van der Waals surface area contributed by atoms with Crippen LogP contribution in [0.1, 0.15) is 25.2 Å². The molecule has 0 saturated heterocycles. The van der Waals surface area contributed by atoms with Crippen LogP contribution in [0.25, 0.3) is 0 Å². The predicted molar refractivity (Wildman–Crippen MR) is 99.6 cm³/mol. The topological polar surface area (TPSA) is 73.3 Å². The number of nitrogens with zero attached hydrogens (tertiary/aromatic N) is 2. The van der Waals surface area contributed by atoms with E-state index in [1.54, 1.807) is 12.1 Å². The van der Waals surface area contributed by atoms with Gasteiger partial charge in [0.1, 0.15) is 11.5 Å². The molecule has 0 aliphatic carbocycles. The fourth-order valence-corrected chi connectivity index (χ4v) is 2.97. The highest BCUT2D eigenvalue weighted by Crippen LogP contribution is 2.29. The van der Waals surface area contributed by atoms with E-state index in [4.69, 9.17) is 9.47 Å². The first-order valence-corrected chi connectivity index (χ1v) is 9.15. The van der Waals surface area contributed by atoms with Gasteiger partial charge >= 0.3 is 0 Å². The van der Waals surface area contributed by atoms with Gasteiger partial charge in [-0.15, -0.1) is 0 Å². The zero-order valence-electron chi connectivity index (χ0n) is 15.0. The summed E-state index contributed by atoms with van der Waals surface area (Å²) in [5, 5.41) is 3.47. The Morgan fingerprint density at radius 1 is 1.08 bits per heavy atom. The quantitative estimate of drug-likeness (QED) is 0.572. The number of ether oxygens (including phenoxy) is 2. The molecule has 0 aliphatic rings. The van der Waals surface area contributed by atoms with Crippen molar-refractivity contribution in [3.8, 4) is 11.5 Å². The SMILES string of the molecule is CCOc1ccc(OCC)c(NC(=O)CSc2nc(C)cc(C)n2)c1. The molecule has 2 aromatic rings. The Hall–Kier alpha value is -2.28. The molecule has 6 nitrogen and oxygen atoms in total. The van der Waals surface area contributed by atoms with E-state index in [0.29, 0.717) is 35.6 Å². The van der Waals surface area contributed by atoms with Crippen molar-refractivity contribution in [1.29, 1.82) is 0 Å². The van der Waals surface area contributed by atoms with E-state index in [1.807, 2.05) is 39.8 Å². The molecule has 1 aromatic carbocycles. The molecule has 1 amide bonds. The first kappa shape index (κ1) is 19.1. The van der Waals surface area contributed by atoms with Crippen molar-refractivity contribution in [2.24, 2.45) is 0 Å². The lowest BCUT2D eigenvalue weighted by Gasteiger charge is -2.13. The van der Waals surface area contributed by atoms with Crippen LogP contribution in [0.2, 0.25) is 0 Å². The van der Waals surface area contributed by atoms with Crippen LogP contribution in [-0.2, 0) is 4.79 Å². The van der Waals surface area contributed by atoms with Gasteiger partial charge in [0.05, 0.1) is 24.7 Å². The molecule has 1 aromatic heterocycles. The highest BCUT2D eigenvalue weighted by molar-refractivity contribution is 7.99. The molecule has 0 aliphatic heterocycles. The van der Waals surface area contributed by atoms with Gasteiger partial charge in [-0.3, -0.25) is 4.79 Å². The molecule has 0 saturated carbocycles. The second-order valence-corrected chi connectivity index (χ2v) is 6.24. The van der Waals surface area contributed by atoms with Gasteiger partial charge in [-0.25, -0.2) is 9.97 Å². The normalized spacial score (nSPS) is 10.4. The Bertz CT molecular complexity index is 717. The predicted octanol–water partition coefficient (Wildman–Crippen LogP) is 3.62. The molecule has 134 valence electrons. The number of nitrogens with one attached hydrogen (secondary N) is 1. The maximum Gasteiger partial charge on any atom is 0.234 e. The van der Waals surface area contributed by atoms with Gasteiger partial charge in [0.2, 0.25) is 5.91 Å². The van der Waals surface area contributed by atoms with Crippen molar-refractivity contribution in [3.05, 3.63) is 35.7 Å². The molecule has 0 unspecified atom stereocenters. The number of aromatic nitrogens is 2. The summed E-state index contributed by atoms with van der Waals surface area (Å²) in [6.45, 7) is 8.70. The molecule has 7 heteroatoms. The molecule has 0 spiro atoms. The van der Waals surface area contributed by atoms with Gasteiger partial charge in [-0.1, -0.05) is 11.8 Å². The minimum Gasteiger partial charge on any atom is -0.494 e. The van der Waals surface area contributed by atoms with E-state index < -0.39 is 0 Å². The van der Waals surface area contributed by atoms with Crippen LogP contribution in [0.3, 0.4) is 0 Å². The smallest absolute Gasteiger partial charge is 0.234 e. The van der Waals surface area contributed by atoms with Crippen LogP contribution >= 0.6 is 11.8 Å². The van der Waals surface area contributed by atoms with Crippen molar-refractivity contribution in [2.75, 3.05) is 24.3 Å². The number of anilines is 1. The maximum atomic E-state index is 12.3. The fraction of sp³-hybridized carbons (Fsp3) is 0.389. The van der Waals surface area contributed by atoms with Crippen molar-refractivity contribution in [3.63, 3.8) is 0 Å². The summed E-state index contributed by atoms with van der Waals surface area (Å²) in [5.41, 5.74) is 2.37. The number of aryl methyl sites for hydroxylation is 2. The lowest BCUT2D eigenvalue weighted by molar-refractivity contribution is -0.113. The summed E-state index contributed by atoms with van der Waals surface area (Å²) >= 11 is 1.30. The van der Waals surface area contributed by atoms with Crippen LogP contribution in [0.5, 0.6) is 11.5 Å². The molecule has 2 rings (SSSR count). The number of amides is 1. The summed E-state index contributed by atoms with van der Waals surface area (Å²) in [5.74, 6) is 1.37. The van der Waals surface area contributed by atoms with Crippen LogP contribution in [0.4, 0.5) is 5.69 Å². The maximum absolute atomic E-state index is 12.3. The summed E-state index contributed by atoms with van der Waals surface area (Å²) in [6, 6.07) is 7.29. The summed E-state index contributed by atoms with van der Waals surface area (Å²) in [4.78, 5) is 20.9. The lowest BCUT2D eigenvalue weighted by atomic mass is 10.2. The highest BCUT2D eigenvalue weighted by atomic mass is 32.2. The first-order valence-electron chi connectivity index (χ1n) is 8.16. The van der Waals surface area contributed by atoms with E-state index in [2.05, 4.69) is 15.3 Å². The lowest BCUT2D eigenvalue weighted by Crippen LogP contribution is -2.15. The zero-order chi connectivity index (χ0) is 18.2. The number of carbonyl (C=O) groups is 1. The van der Waals surface area contributed by atoms with Gasteiger partial charge in [0.25, 0.3) is 0 Å². The van der Waals surface area contributed by atoms with Gasteiger partial charge < -0.3 is 14.8 Å². The Labute approximate surface area is 152 Å². The molecule has 0 fully saturated rings. The molecular formula is C18H23N3O3S. The molecule has 0 atom stereocenters. The van der Waals surface area contributed by atoms with Crippen molar-refractivity contribution >= 4 is 23.4 Å². The summed E-state index contributed by atoms with van der Waals surface area (Å²) in [6.07, 6.45) is 0. The van der Waals surface area contributed by atoms with Gasteiger partial charge in [0.15, 0.2) is 5.16 Å². The monoisotopic (exact) mass is 361 g/mol. The standard InChI is InChI=1S/C18H23N3O3S/c1-5-23-14-7-8-16(24-6-2)15(10-14)21-17(22)11-25-18-19-12(3)9-13(4)20-18/h7-10H,5-6,11H2,1-4H3,(H,21,22). The van der Waals surface area contributed by atoms with Crippen LogP contribution < -0.4 is 14.8 Å². The number of carbonyl (C=O) groups excluding carboxylic acids is 1. The average Bonchev–Trinajstić information content (AvgIpc) is 2.55. The first-order chi connectivity index (χ1) is 12.0. The number of benzene rings is 1. The number of thioether (sulfide) groups is 1. The van der Waals surface area contributed by atoms with E-state index in [-0.39, 0.29) is 11.7 Å². The molecule has 0 radical (unpaired) electrons. The van der Waals surface area contributed by atoms with Gasteiger partial charge in [-0.05, 0) is 45.9 Å². The molecular weight excluding hydrogens is 338 g/mol. The van der Waals surface area contributed by atoms with Crippen LogP contribution in [0, 0.1) is 13.8 Å². The Kier molecular flexibility index (Phi) is 7.06. The van der Waals surface area contributed by atoms with Crippen molar-refractivity contribution in [2.45, 2.75) is 32.9 Å². The van der Waals surface area contributed by atoms with Crippen LogP contribution in [-0.4, -0.2) is 34.8 Å². The Morgan fingerprint density at radius 2 is 1.76 bits per heavy atom. The second-order valence-electron chi connectivity index (χ2n) is 5.29. The van der Waals surface area contributed by atoms with E-state index in [9.17, 15) is 4.79 Å². The zero-order valence-corrected chi connectivity index (χ0v) is 15.8. The molecule has 1 N–H and O–H groups in total. The summed E-state index contributed by atoms with van der Waals surface area (Å²) in [7, 11) is 0. The third-order valence-electron chi connectivity index (χ3n) is 3.13. The second kappa shape index (κ2) is 9.27. The average molecular weight is 361 g/mol. The fourth-order valence-electron chi connectivity index (χ4n) is 2.22. The van der Waals surface area contributed by atoms with Crippen LogP contribution in [0.15, 0.2) is 29.4 Å². The van der Waals surface area contributed by atoms with E-state index in [0.717, 1.165) is 11.4 Å². The third-order valence-corrected chi connectivity index (χ3v) is 3.98. The third kappa shape index (κ3) is 5.94. The summed E-state index contributed by atoms with van der Waals surface area (Å²) < 4.78 is 11.0.